The highest BCUT2D eigenvalue weighted by atomic mass is 19.4. The first-order chi connectivity index (χ1) is 17.6. The van der Waals surface area contributed by atoms with Gasteiger partial charge in [0.2, 0.25) is 5.91 Å². The van der Waals surface area contributed by atoms with Gasteiger partial charge in [0.25, 0.3) is 5.91 Å². The number of β-lactam (4-membered cyclic amide) rings is 1. The molecule has 0 aromatic carbocycles. The lowest BCUT2D eigenvalue weighted by Crippen LogP contribution is -2.71. The summed E-state index contributed by atoms with van der Waals surface area (Å²) in [7, 11) is 1.46. The molecule has 1 saturated carbocycles. The van der Waals surface area contributed by atoms with Gasteiger partial charge in [0, 0.05) is 19.4 Å². The smallest absolute Gasteiger partial charge is 0.384 e. The summed E-state index contributed by atoms with van der Waals surface area (Å²) in [4.78, 5) is 49.5. The molecule has 2 aliphatic rings. The van der Waals surface area contributed by atoms with Crippen LogP contribution in [-0.4, -0.2) is 58.0 Å². The number of likely N-dealkylation sites (tertiary alicyclic amines) is 1. The Morgan fingerprint density at radius 2 is 1.95 bits per heavy atom. The fourth-order valence-corrected chi connectivity index (χ4v) is 5.15. The van der Waals surface area contributed by atoms with Crippen LogP contribution in [0.3, 0.4) is 0 Å². The number of pyridine rings is 2. The van der Waals surface area contributed by atoms with E-state index in [4.69, 9.17) is 5.73 Å². The van der Waals surface area contributed by atoms with Crippen molar-refractivity contribution in [3.8, 4) is 0 Å². The van der Waals surface area contributed by atoms with Gasteiger partial charge in [-0.2, -0.15) is 13.2 Å². The molecule has 1 aliphatic carbocycles. The van der Waals surface area contributed by atoms with E-state index >= 15 is 0 Å². The molecule has 1 saturated heterocycles. The van der Waals surface area contributed by atoms with Crippen LogP contribution >= 0.6 is 0 Å². The van der Waals surface area contributed by atoms with Gasteiger partial charge in [-0.1, -0.05) is 19.3 Å². The van der Waals surface area contributed by atoms with Crippen LogP contribution in [0.15, 0.2) is 42.9 Å². The van der Waals surface area contributed by atoms with Crippen molar-refractivity contribution in [2.75, 3.05) is 17.7 Å². The maximum absolute atomic E-state index is 13.9. The molecule has 1 aliphatic heterocycles. The lowest BCUT2D eigenvalue weighted by Gasteiger charge is -2.46. The summed E-state index contributed by atoms with van der Waals surface area (Å²) in [6.07, 6.45) is 2.58. The van der Waals surface area contributed by atoms with Crippen molar-refractivity contribution in [1.82, 2.24) is 20.2 Å². The van der Waals surface area contributed by atoms with Crippen LogP contribution in [0.2, 0.25) is 0 Å². The van der Waals surface area contributed by atoms with Crippen LogP contribution in [0.5, 0.6) is 0 Å². The van der Waals surface area contributed by atoms with Gasteiger partial charge in [-0.15, -0.1) is 0 Å². The van der Waals surface area contributed by atoms with E-state index in [0.717, 1.165) is 6.42 Å². The minimum Gasteiger partial charge on any atom is -0.384 e. The van der Waals surface area contributed by atoms with E-state index < -0.39 is 47.9 Å². The summed E-state index contributed by atoms with van der Waals surface area (Å²) in [6, 6.07) is 1.79. The lowest BCUT2D eigenvalue weighted by molar-refractivity contribution is -0.170. The van der Waals surface area contributed by atoms with Crippen LogP contribution in [0.4, 0.5) is 29.5 Å². The van der Waals surface area contributed by atoms with E-state index in [1.165, 1.54) is 30.5 Å². The molecule has 0 bridgehead atoms. The second kappa shape index (κ2) is 10.7. The number of nitrogen functional groups attached to an aromatic ring is 1. The first-order valence-electron chi connectivity index (χ1n) is 12.2. The number of rotatable bonds is 6. The van der Waals surface area contributed by atoms with Gasteiger partial charge in [0.05, 0.1) is 17.8 Å². The standard InChI is InChI=1S/C25H29F3N6O3/c1-33(17-8-5-10-30-14-17)23(36)20-18(12-15-9-11-31-19(29)13-15)22(35)34(20)24(37)32-21(25(26,27)28)16-6-3-2-4-7-16/h5,8-11,13-14,16,18,20-21H,2-4,6-7,12H2,1H3,(H2,29,31)(H,32,37)/t18-,20+,21?/m1/s1. The number of hydrogen-bond donors (Lipinski definition) is 2. The molecule has 4 rings (SSSR count). The number of anilines is 2. The van der Waals surface area contributed by atoms with E-state index in [1.54, 1.807) is 24.3 Å². The van der Waals surface area contributed by atoms with Crippen molar-refractivity contribution in [2.24, 2.45) is 11.8 Å². The molecule has 3 heterocycles. The number of carbonyl (C=O) groups excluding carboxylic acids is 3. The van der Waals surface area contributed by atoms with Gasteiger partial charge in [-0.05, 0) is 55.0 Å². The first-order valence-corrected chi connectivity index (χ1v) is 12.2. The van der Waals surface area contributed by atoms with Crippen molar-refractivity contribution < 1.29 is 27.6 Å². The second-order valence-corrected chi connectivity index (χ2v) is 9.53. The van der Waals surface area contributed by atoms with Gasteiger partial charge >= 0.3 is 12.2 Å². The highest BCUT2D eigenvalue weighted by Gasteiger charge is 2.56. The van der Waals surface area contributed by atoms with Gasteiger partial charge < -0.3 is 16.0 Å². The van der Waals surface area contributed by atoms with Gasteiger partial charge in [0.1, 0.15) is 17.9 Å². The van der Waals surface area contributed by atoms with E-state index in [1.807, 2.05) is 5.32 Å². The Morgan fingerprint density at radius 3 is 2.57 bits per heavy atom. The third kappa shape index (κ3) is 5.67. The van der Waals surface area contributed by atoms with Crippen molar-refractivity contribution in [3.05, 3.63) is 48.4 Å². The molecule has 37 heavy (non-hydrogen) atoms. The van der Waals surface area contributed by atoms with Crippen LogP contribution in [0, 0.1) is 11.8 Å². The number of urea groups is 1. The predicted octanol–water partition coefficient (Wildman–Crippen LogP) is 3.31. The first kappa shape index (κ1) is 26.4. The zero-order chi connectivity index (χ0) is 26.7. The zero-order valence-electron chi connectivity index (χ0n) is 20.3. The molecule has 4 amide bonds. The summed E-state index contributed by atoms with van der Waals surface area (Å²) >= 11 is 0. The maximum atomic E-state index is 13.9. The van der Waals surface area contributed by atoms with Crippen molar-refractivity contribution in [1.29, 1.82) is 0 Å². The Balaban J connectivity index is 1.60. The Kier molecular flexibility index (Phi) is 7.65. The number of aromatic nitrogens is 2. The largest absolute Gasteiger partial charge is 0.408 e. The highest BCUT2D eigenvalue weighted by molar-refractivity contribution is 6.12. The maximum Gasteiger partial charge on any atom is 0.408 e. The normalized spacial score (nSPS) is 21.2. The fourth-order valence-electron chi connectivity index (χ4n) is 5.15. The Morgan fingerprint density at radius 1 is 1.22 bits per heavy atom. The molecule has 1 unspecified atom stereocenters. The molecular weight excluding hydrogens is 489 g/mol. The predicted molar refractivity (Wildman–Crippen MR) is 129 cm³/mol. The van der Waals surface area contributed by atoms with E-state index in [0.29, 0.717) is 41.8 Å². The Bertz CT molecular complexity index is 1140. The van der Waals surface area contributed by atoms with Gasteiger partial charge in [-0.3, -0.25) is 19.5 Å². The average molecular weight is 519 g/mol. The number of likely N-dealkylation sites (N-methyl/N-ethyl adjacent to an activating group) is 1. The number of imide groups is 1. The minimum absolute atomic E-state index is 0.0674. The SMILES string of the molecule is CN(C(=O)[C@@H]1[C@@H](Cc2ccnc(N)c2)C(=O)N1C(=O)NC(C1CCCCC1)C(F)(F)F)c1cccnc1. The highest BCUT2D eigenvalue weighted by Crippen LogP contribution is 2.37. The molecule has 198 valence electrons. The molecule has 3 atom stereocenters. The quantitative estimate of drug-likeness (QED) is 0.566. The zero-order valence-corrected chi connectivity index (χ0v) is 20.3. The topological polar surface area (TPSA) is 122 Å². The molecule has 2 fully saturated rings. The number of alkyl halides is 3. The van der Waals surface area contributed by atoms with Crippen molar-refractivity contribution in [2.45, 2.75) is 56.8 Å². The molecule has 3 N–H and O–H groups in total. The number of nitrogens with zero attached hydrogens (tertiary/aromatic N) is 4. The fraction of sp³-hybridized carbons (Fsp3) is 0.480. The van der Waals surface area contributed by atoms with Crippen LogP contribution < -0.4 is 16.0 Å². The molecular formula is C25H29F3N6O3. The average Bonchev–Trinajstić information content (AvgIpc) is 2.88. The number of nitrogens with one attached hydrogen (secondary N) is 1. The third-order valence-electron chi connectivity index (χ3n) is 7.10. The number of hydrogen-bond acceptors (Lipinski definition) is 6. The summed E-state index contributed by atoms with van der Waals surface area (Å²) in [5, 5.41) is 2.04. The number of carbonyl (C=O) groups is 3. The summed E-state index contributed by atoms with van der Waals surface area (Å²) < 4.78 is 41.8. The molecule has 12 heteroatoms. The summed E-state index contributed by atoms with van der Waals surface area (Å²) in [5.74, 6) is -2.86. The van der Waals surface area contributed by atoms with E-state index in [-0.39, 0.29) is 12.2 Å². The van der Waals surface area contributed by atoms with Crippen molar-refractivity contribution >= 4 is 29.4 Å². The summed E-state index contributed by atoms with van der Waals surface area (Å²) in [5.41, 5.74) is 6.76. The molecule has 9 nitrogen and oxygen atoms in total. The number of amides is 4. The minimum atomic E-state index is -4.69. The molecule has 2 aromatic rings. The monoisotopic (exact) mass is 518 g/mol. The van der Waals surface area contributed by atoms with Gasteiger partial charge in [-0.25, -0.2) is 9.78 Å². The Hall–Kier alpha value is -3.70. The lowest BCUT2D eigenvalue weighted by atomic mass is 9.81. The Labute approximate surface area is 212 Å². The van der Waals surface area contributed by atoms with Crippen LogP contribution in [0.1, 0.15) is 37.7 Å². The molecule has 0 spiro atoms. The number of nitrogens with two attached hydrogens (primary N) is 1. The summed E-state index contributed by atoms with van der Waals surface area (Å²) in [6.45, 7) is 0. The molecule has 2 aromatic heterocycles. The van der Waals surface area contributed by atoms with Gasteiger partial charge in [0.15, 0.2) is 0 Å². The second-order valence-electron chi connectivity index (χ2n) is 9.53. The number of halogens is 3. The van der Waals surface area contributed by atoms with E-state index in [2.05, 4.69) is 9.97 Å². The third-order valence-corrected chi connectivity index (χ3v) is 7.10. The molecule has 0 radical (unpaired) electrons. The van der Waals surface area contributed by atoms with E-state index in [9.17, 15) is 27.6 Å². The van der Waals surface area contributed by atoms with Crippen LogP contribution in [0.25, 0.3) is 0 Å². The van der Waals surface area contributed by atoms with Crippen LogP contribution in [-0.2, 0) is 16.0 Å². The van der Waals surface area contributed by atoms with Crippen molar-refractivity contribution in [3.63, 3.8) is 0 Å².